The summed E-state index contributed by atoms with van der Waals surface area (Å²) in [4.78, 5) is 8.28. The molecule has 2 N–H and O–H groups in total. The maximum absolute atomic E-state index is 5.65. The van der Waals surface area contributed by atoms with Crippen molar-refractivity contribution >= 4 is 17.4 Å². The van der Waals surface area contributed by atoms with Crippen LogP contribution in [0.3, 0.4) is 0 Å². The molecule has 0 saturated heterocycles. The van der Waals surface area contributed by atoms with Crippen molar-refractivity contribution in [1.82, 2.24) is 9.97 Å². The minimum atomic E-state index is 0.345. The van der Waals surface area contributed by atoms with Crippen LogP contribution < -0.4 is 5.73 Å². The first kappa shape index (κ1) is 11.0. The van der Waals surface area contributed by atoms with E-state index in [9.17, 15) is 0 Å². The van der Waals surface area contributed by atoms with Gasteiger partial charge < -0.3 is 5.73 Å². The van der Waals surface area contributed by atoms with E-state index in [0.29, 0.717) is 5.25 Å². The van der Waals surface area contributed by atoms with E-state index in [4.69, 9.17) is 5.73 Å². The molecule has 1 aromatic heterocycles. The van der Waals surface area contributed by atoms with Gasteiger partial charge in [-0.3, -0.25) is 4.98 Å². The Balaban J connectivity index is 2.09. The SMILES string of the molecule is CC(Sc1cnccn1)c1ccc(N)cc1. The van der Waals surface area contributed by atoms with Crippen LogP contribution >= 0.6 is 11.8 Å². The third-order valence-electron chi connectivity index (χ3n) is 2.24. The molecule has 1 aromatic carbocycles. The van der Waals surface area contributed by atoms with Crippen LogP contribution in [0.2, 0.25) is 0 Å². The molecule has 4 heteroatoms. The first-order chi connectivity index (χ1) is 7.75. The molecule has 1 unspecified atom stereocenters. The number of anilines is 1. The number of rotatable bonds is 3. The molecule has 1 heterocycles. The predicted octanol–water partition coefficient (Wildman–Crippen LogP) is 2.91. The van der Waals surface area contributed by atoms with Gasteiger partial charge >= 0.3 is 0 Å². The Morgan fingerprint density at radius 1 is 1.19 bits per heavy atom. The topological polar surface area (TPSA) is 51.8 Å². The minimum absolute atomic E-state index is 0.345. The Morgan fingerprint density at radius 2 is 1.94 bits per heavy atom. The molecule has 0 saturated carbocycles. The van der Waals surface area contributed by atoms with Gasteiger partial charge in [0.25, 0.3) is 0 Å². The lowest BCUT2D eigenvalue weighted by Crippen LogP contribution is -1.91. The van der Waals surface area contributed by atoms with E-state index in [2.05, 4.69) is 16.9 Å². The molecule has 0 amide bonds. The highest BCUT2D eigenvalue weighted by molar-refractivity contribution is 7.99. The van der Waals surface area contributed by atoms with E-state index >= 15 is 0 Å². The smallest absolute Gasteiger partial charge is 0.115 e. The first-order valence-electron chi connectivity index (χ1n) is 5.04. The van der Waals surface area contributed by atoms with E-state index in [-0.39, 0.29) is 0 Å². The van der Waals surface area contributed by atoms with Crippen LogP contribution in [0.25, 0.3) is 0 Å². The largest absolute Gasteiger partial charge is 0.399 e. The molecule has 1 atom stereocenters. The van der Waals surface area contributed by atoms with E-state index in [1.807, 2.05) is 24.3 Å². The fourth-order valence-electron chi connectivity index (χ4n) is 1.36. The second-order valence-electron chi connectivity index (χ2n) is 3.47. The molecule has 82 valence electrons. The number of benzene rings is 1. The standard InChI is InChI=1S/C12H13N3S/c1-9(10-2-4-11(13)5-3-10)16-12-8-14-6-7-15-12/h2-9H,13H2,1H3. The Kier molecular flexibility index (Phi) is 3.41. The molecule has 2 rings (SSSR count). The molecule has 2 aromatic rings. The zero-order valence-corrected chi connectivity index (χ0v) is 9.82. The van der Waals surface area contributed by atoms with Crippen LogP contribution in [0.4, 0.5) is 5.69 Å². The van der Waals surface area contributed by atoms with Crippen molar-refractivity contribution in [2.24, 2.45) is 0 Å². The van der Waals surface area contributed by atoms with Gasteiger partial charge in [0.2, 0.25) is 0 Å². The monoisotopic (exact) mass is 231 g/mol. The van der Waals surface area contributed by atoms with Crippen molar-refractivity contribution < 1.29 is 0 Å². The van der Waals surface area contributed by atoms with Gasteiger partial charge in [-0.2, -0.15) is 0 Å². The van der Waals surface area contributed by atoms with Gasteiger partial charge in [0, 0.05) is 23.3 Å². The number of thioether (sulfide) groups is 1. The second-order valence-corrected chi connectivity index (χ2v) is 4.83. The molecule has 16 heavy (non-hydrogen) atoms. The lowest BCUT2D eigenvalue weighted by atomic mass is 10.1. The molecule has 0 aliphatic rings. The van der Waals surface area contributed by atoms with Crippen molar-refractivity contribution in [1.29, 1.82) is 0 Å². The van der Waals surface area contributed by atoms with Gasteiger partial charge in [0.1, 0.15) is 5.03 Å². The number of aromatic nitrogens is 2. The average molecular weight is 231 g/mol. The number of hydrogen-bond donors (Lipinski definition) is 1. The van der Waals surface area contributed by atoms with E-state index in [1.54, 1.807) is 30.4 Å². The van der Waals surface area contributed by atoms with Crippen LogP contribution in [0.5, 0.6) is 0 Å². The van der Waals surface area contributed by atoms with Gasteiger partial charge in [-0.05, 0) is 24.6 Å². The van der Waals surface area contributed by atoms with Crippen LogP contribution in [0, 0.1) is 0 Å². The summed E-state index contributed by atoms with van der Waals surface area (Å²) in [5, 5.41) is 1.28. The summed E-state index contributed by atoms with van der Waals surface area (Å²) in [5.74, 6) is 0. The summed E-state index contributed by atoms with van der Waals surface area (Å²) in [7, 11) is 0. The number of hydrogen-bond acceptors (Lipinski definition) is 4. The van der Waals surface area contributed by atoms with Crippen molar-refractivity contribution in [3.05, 3.63) is 48.4 Å². The highest BCUT2D eigenvalue weighted by atomic mass is 32.2. The molecule has 0 spiro atoms. The zero-order chi connectivity index (χ0) is 11.4. The van der Waals surface area contributed by atoms with Gasteiger partial charge in [-0.15, -0.1) is 0 Å². The van der Waals surface area contributed by atoms with Gasteiger partial charge in [0.05, 0.1) is 6.20 Å². The molecule has 0 aliphatic heterocycles. The zero-order valence-electron chi connectivity index (χ0n) is 9.00. The maximum Gasteiger partial charge on any atom is 0.115 e. The molecule has 0 aliphatic carbocycles. The summed E-state index contributed by atoms with van der Waals surface area (Å²) in [6.07, 6.45) is 5.16. The lowest BCUT2D eigenvalue weighted by molar-refractivity contribution is 1.03. The Labute approximate surface area is 99.1 Å². The molecule has 0 radical (unpaired) electrons. The van der Waals surface area contributed by atoms with Crippen molar-refractivity contribution in [2.45, 2.75) is 17.2 Å². The summed E-state index contributed by atoms with van der Waals surface area (Å²) in [5.41, 5.74) is 7.68. The molecule has 3 nitrogen and oxygen atoms in total. The molecule has 0 bridgehead atoms. The number of nitrogen functional groups attached to an aromatic ring is 1. The fraction of sp³-hybridized carbons (Fsp3) is 0.167. The van der Waals surface area contributed by atoms with E-state index < -0.39 is 0 Å². The Morgan fingerprint density at radius 3 is 2.56 bits per heavy atom. The van der Waals surface area contributed by atoms with Crippen LogP contribution in [0.15, 0.2) is 47.9 Å². The van der Waals surface area contributed by atoms with Crippen molar-refractivity contribution in [3.63, 3.8) is 0 Å². The van der Waals surface area contributed by atoms with E-state index in [0.717, 1.165) is 10.7 Å². The highest BCUT2D eigenvalue weighted by Crippen LogP contribution is 2.33. The van der Waals surface area contributed by atoms with E-state index in [1.165, 1.54) is 5.56 Å². The van der Waals surface area contributed by atoms with Crippen LogP contribution in [0.1, 0.15) is 17.7 Å². The Bertz CT molecular complexity index is 442. The Hall–Kier alpha value is -1.55. The van der Waals surface area contributed by atoms with Gasteiger partial charge in [0.15, 0.2) is 0 Å². The molecular formula is C12H13N3S. The lowest BCUT2D eigenvalue weighted by Gasteiger charge is -2.10. The van der Waals surface area contributed by atoms with Gasteiger partial charge in [-0.25, -0.2) is 4.98 Å². The highest BCUT2D eigenvalue weighted by Gasteiger charge is 2.07. The quantitative estimate of drug-likeness (QED) is 0.652. The van der Waals surface area contributed by atoms with Gasteiger partial charge in [-0.1, -0.05) is 23.9 Å². The van der Waals surface area contributed by atoms with Crippen molar-refractivity contribution in [3.8, 4) is 0 Å². The third-order valence-corrected chi connectivity index (χ3v) is 3.32. The second kappa shape index (κ2) is 4.99. The fourth-order valence-corrected chi connectivity index (χ4v) is 2.26. The van der Waals surface area contributed by atoms with Crippen LogP contribution in [-0.4, -0.2) is 9.97 Å². The predicted molar refractivity (Wildman–Crippen MR) is 67.2 cm³/mol. The number of nitrogens with zero attached hydrogens (tertiary/aromatic N) is 2. The first-order valence-corrected chi connectivity index (χ1v) is 5.92. The third kappa shape index (κ3) is 2.73. The summed E-state index contributed by atoms with van der Waals surface area (Å²) >= 11 is 1.69. The number of nitrogens with two attached hydrogens (primary N) is 1. The average Bonchev–Trinajstić information content (AvgIpc) is 2.31. The summed E-state index contributed by atoms with van der Waals surface area (Å²) in [6.45, 7) is 2.14. The summed E-state index contributed by atoms with van der Waals surface area (Å²) in [6, 6.07) is 7.93. The summed E-state index contributed by atoms with van der Waals surface area (Å²) < 4.78 is 0. The minimum Gasteiger partial charge on any atom is -0.399 e. The van der Waals surface area contributed by atoms with Crippen molar-refractivity contribution in [2.75, 3.05) is 5.73 Å². The molecule has 0 fully saturated rings. The maximum atomic E-state index is 5.65. The van der Waals surface area contributed by atoms with Crippen LogP contribution in [-0.2, 0) is 0 Å². The molecular weight excluding hydrogens is 218 g/mol. The normalized spacial score (nSPS) is 12.3.